The first kappa shape index (κ1) is 11.2. The molecule has 3 nitrogen and oxygen atoms in total. The van der Waals surface area contributed by atoms with Crippen LogP contribution in [0, 0.1) is 5.41 Å². The van der Waals surface area contributed by atoms with Crippen LogP contribution in [0.1, 0.15) is 38.3 Å². The van der Waals surface area contributed by atoms with Gasteiger partial charge in [-0.25, -0.2) is 4.98 Å². The first-order valence-corrected chi connectivity index (χ1v) is 7.14. The van der Waals surface area contributed by atoms with Crippen LogP contribution >= 0.6 is 11.3 Å². The molecule has 0 spiro atoms. The molecule has 4 heteroatoms. The molecule has 3 rings (SSSR count). The summed E-state index contributed by atoms with van der Waals surface area (Å²) in [5.41, 5.74) is 1.12. The lowest BCUT2D eigenvalue weighted by molar-refractivity contribution is 0.0417. The lowest BCUT2D eigenvalue weighted by atomic mass is 9.81. The van der Waals surface area contributed by atoms with Crippen molar-refractivity contribution in [3.05, 3.63) is 23.5 Å². The molecule has 1 atom stereocenters. The van der Waals surface area contributed by atoms with Gasteiger partial charge in [0, 0.05) is 24.2 Å². The maximum absolute atomic E-state index is 10.4. The van der Waals surface area contributed by atoms with Crippen LogP contribution in [0.4, 0.5) is 0 Å². The summed E-state index contributed by atoms with van der Waals surface area (Å²) in [5, 5.41) is 12.4. The zero-order valence-corrected chi connectivity index (χ0v) is 10.9. The number of thiazole rings is 1. The van der Waals surface area contributed by atoms with Gasteiger partial charge in [0.15, 0.2) is 4.96 Å². The summed E-state index contributed by atoms with van der Waals surface area (Å²) >= 11 is 1.64. The van der Waals surface area contributed by atoms with Crippen LogP contribution in [-0.4, -0.2) is 20.6 Å². The number of imidazole rings is 1. The van der Waals surface area contributed by atoms with Crippen molar-refractivity contribution in [2.24, 2.45) is 5.41 Å². The lowest BCUT2D eigenvalue weighted by Gasteiger charge is -2.29. The second kappa shape index (κ2) is 4.10. The van der Waals surface area contributed by atoms with Crippen molar-refractivity contribution in [1.29, 1.82) is 0 Å². The van der Waals surface area contributed by atoms with Gasteiger partial charge in [-0.15, -0.1) is 11.3 Å². The van der Waals surface area contributed by atoms with Gasteiger partial charge in [-0.2, -0.15) is 0 Å². The molecule has 1 N–H and O–H groups in total. The van der Waals surface area contributed by atoms with E-state index in [1.165, 1.54) is 12.8 Å². The Hall–Kier alpha value is -0.870. The van der Waals surface area contributed by atoms with Gasteiger partial charge >= 0.3 is 0 Å². The van der Waals surface area contributed by atoms with E-state index in [2.05, 4.69) is 11.9 Å². The van der Waals surface area contributed by atoms with E-state index in [1.54, 1.807) is 11.3 Å². The second-order valence-electron chi connectivity index (χ2n) is 5.41. The van der Waals surface area contributed by atoms with E-state index in [0.29, 0.717) is 6.42 Å². The van der Waals surface area contributed by atoms with Crippen molar-refractivity contribution in [2.75, 3.05) is 0 Å². The van der Waals surface area contributed by atoms with Gasteiger partial charge in [-0.05, 0) is 18.3 Å². The van der Waals surface area contributed by atoms with Crippen LogP contribution in [-0.2, 0) is 6.42 Å². The topological polar surface area (TPSA) is 37.5 Å². The fourth-order valence-electron chi connectivity index (χ4n) is 2.83. The van der Waals surface area contributed by atoms with Crippen LogP contribution in [0.2, 0.25) is 0 Å². The first-order valence-electron chi connectivity index (χ1n) is 6.26. The Kier molecular flexibility index (Phi) is 2.71. The summed E-state index contributed by atoms with van der Waals surface area (Å²) in [6.07, 6.45) is 9.29. The van der Waals surface area contributed by atoms with Crippen LogP contribution < -0.4 is 0 Å². The molecule has 0 radical (unpaired) electrons. The van der Waals surface area contributed by atoms with Crippen molar-refractivity contribution in [1.82, 2.24) is 9.38 Å². The SMILES string of the molecule is CC1(C(O)Cc2cn3ccsc3n2)CCCC1. The monoisotopic (exact) mass is 250 g/mol. The molecule has 0 bridgehead atoms. The van der Waals surface area contributed by atoms with Crippen molar-refractivity contribution in [3.63, 3.8) is 0 Å². The largest absolute Gasteiger partial charge is 0.392 e. The lowest BCUT2D eigenvalue weighted by Crippen LogP contribution is -2.31. The summed E-state index contributed by atoms with van der Waals surface area (Å²) in [7, 11) is 0. The summed E-state index contributed by atoms with van der Waals surface area (Å²) in [5.74, 6) is 0. The summed E-state index contributed by atoms with van der Waals surface area (Å²) in [6, 6.07) is 0. The molecule has 0 saturated heterocycles. The van der Waals surface area contributed by atoms with Gasteiger partial charge < -0.3 is 5.11 Å². The van der Waals surface area contributed by atoms with E-state index in [9.17, 15) is 5.11 Å². The van der Waals surface area contributed by atoms with Crippen LogP contribution in [0.25, 0.3) is 4.96 Å². The van der Waals surface area contributed by atoms with Gasteiger partial charge in [0.1, 0.15) is 0 Å². The Balaban J connectivity index is 1.76. The Bertz CT molecular complexity index is 482. The van der Waals surface area contributed by atoms with Gasteiger partial charge in [0.25, 0.3) is 0 Å². The molecule has 0 aliphatic heterocycles. The molecule has 17 heavy (non-hydrogen) atoms. The predicted molar refractivity (Wildman–Crippen MR) is 69.4 cm³/mol. The van der Waals surface area contributed by atoms with Crippen molar-refractivity contribution in [2.45, 2.75) is 45.1 Å². The third kappa shape index (κ3) is 2.00. The van der Waals surface area contributed by atoms with Crippen molar-refractivity contribution < 1.29 is 5.11 Å². The van der Waals surface area contributed by atoms with Crippen LogP contribution in [0.15, 0.2) is 17.8 Å². The van der Waals surface area contributed by atoms with E-state index in [0.717, 1.165) is 23.5 Å². The van der Waals surface area contributed by atoms with E-state index < -0.39 is 0 Å². The van der Waals surface area contributed by atoms with E-state index in [-0.39, 0.29) is 11.5 Å². The molecule has 0 amide bonds. The Morgan fingerprint density at radius 3 is 3.00 bits per heavy atom. The van der Waals surface area contributed by atoms with Crippen LogP contribution in [0.5, 0.6) is 0 Å². The van der Waals surface area contributed by atoms with Crippen molar-refractivity contribution in [3.8, 4) is 0 Å². The first-order chi connectivity index (χ1) is 8.17. The number of hydrogen-bond donors (Lipinski definition) is 1. The quantitative estimate of drug-likeness (QED) is 0.909. The fraction of sp³-hybridized carbons (Fsp3) is 0.615. The molecule has 0 aromatic carbocycles. The molecule has 1 aliphatic carbocycles. The number of fused-ring (bicyclic) bond motifs is 1. The minimum absolute atomic E-state index is 0.108. The van der Waals surface area contributed by atoms with Gasteiger partial charge in [-0.3, -0.25) is 4.40 Å². The summed E-state index contributed by atoms with van der Waals surface area (Å²) in [4.78, 5) is 5.55. The second-order valence-corrected chi connectivity index (χ2v) is 6.28. The fourth-order valence-corrected chi connectivity index (χ4v) is 3.55. The Morgan fingerprint density at radius 1 is 1.53 bits per heavy atom. The standard InChI is InChI=1S/C13H18N2OS/c1-13(4-2-3-5-13)11(16)8-10-9-15-6-7-17-12(15)14-10/h6-7,9,11,16H,2-5,8H2,1H3. The molecule has 2 aromatic heterocycles. The number of hydrogen-bond acceptors (Lipinski definition) is 3. The highest BCUT2D eigenvalue weighted by molar-refractivity contribution is 7.15. The molecule has 92 valence electrons. The predicted octanol–water partition coefficient (Wildman–Crippen LogP) is 2.88. The Morgan fingerprint density at radius 2 is 2.29 bits per heavy atom. The zero-order chi connectivity index (χ0) is 11.9. The smallest absolute Gasteiger partial charge is 0.193 e. The minimum atomic E-state index is -0.255. The normalized spacial score (nSPS) is 21.1. The maximum Gasteiger partial charge on any atom is 0.193 e. The molecule has 1 aliphatic rings. The number of aliphatic hydroxyl groups excluding tert-OH is 1. The van der Waals surface area contributed by atoms with E-state index in [1.807, 2.05) is 22.2 Å². The average molecular weight is 250 g/mol. The number of aromatic nitrogens is 2. The summed E-state index contributed by atoms with van der Waals surface area (Å²) in [6.45, 7) is 2.21. The molecule has 1 unspecified atom stereocenters. The number of aliphatic hydroxyl groups is 1. The highest BCUT2D eigenvalue weighted by Gasteiger charge is 2.36. The van der Waals surface area contributed by atoms with E-state index >= 15 is 0 Å². The molecule has 2 aromatic rings. The Labute approximate surface area is 105 Å². The van der Waals surface area contributed by atoms with Gasteiger partial charge in [0.2, 0.25) is 0 Å². The summed E-state index contributed by atoms with van der Waals surface area (Å²) < 4.78 is 2.03. The van der Waals surface area contributed by atoms with E-state index in [4.69, 9.17) is 0 Å². The maximum atomic E-state index is 10.4. The highest BCUT2D eigenvalue weighted by Crippen LogP contribution is 2.41. The molecular weight excluding hydrogens is 232 g/mol. The third-order valence-corrected chi connectivity index (χ3v) is 4.87. The van der Waals surface area contributed by atoms with Crippen LogP contribution in [0.3, 0.4) is 0 Å². The minimum Gasteiger partial charge on any atom is -0.392 e. The van der Waals surface area contributed by atoms with Gasteiger partial charge in [0.05, 0.1) is 11.8 Å². The highest BCUT2D eigenvalue weighted by atomic mass is 32.1. The van der Waals surface area contributed by atoms with Gasteiger partial charge in [-0.1, -0.05) is 19.8 Å². The average Bonchev–Trinajstić information content (AvgIpc) is 2.93. The number of rotatable bonds is 3. The zero-order valence-electron chi connectivity index (χ0n) is 10.1. The molecule has 1 fully saturated rings. The molecule has 1 saturated carbocycles. The molecule has 2 heterocycles. The number of nitrogens with zero attached hydrogens (tertiary/aromatic N) is 2. The van der Waals surface area contributed by atoms with Crippen molar-refractivity contribution >= 4 is 16.3 Å². The third-order valence-electron chi connectivity index (χ3n) is 4.10. The molecular formula is C13H18N2OS.